The fraction of sp³-hybridized carbons (Fsp3) is 0.500. The summed E-state index contributed by atoms with van der Waals surface area (Å²) in [6, 6.07) is 5.19. The van der Waals surface area contributed by atoms with Crippen LogP contribution >= 0.6 is 24.0 Å². The molecule has 0 radical (unpaired) electrons. The first-order valence-corrected chi connectivity index (χ1v) is 12.8. The summed E-state index contributed by atoms with van der Waals surface area (Å²) < 4.78 is 35.5. The molecule has 0 aromatic heterocycles. The molecule has 9 heteroatoms. The van der Waals surface area contributed by atoms with Crippen LogP contribution in [0, 0.1) is 0 Å². The van der Waals surface area contributed by atoms with Crippen molar-refractivity contribution in [1.29, 1.82) is 0 Å². The maximum Gasteiger partial charge on any atom is 0.266 e. The Kier molecular flexibility index (Phi) is 7.23. The van der Waals surface area contributed by atoms with Crippen LogP contribution < -0.4 is 9.47 Å². The van der Waals surface area contributed by atoms with Crippen LogP contribution in [0.5, 0.6) is 11.5 Å². The second kappa shape index (κ2) is 9.49. The highest BCUT2D eigenvalue weighted by molar-refractivity contribution is 8.26. The largest absolute Gasteiger partial charge is 0.490 e. The molecule has 0 saturated carbocycles. The Morgan fingerprint density at radius 3 is 2.72 bits per heavy atom. The zero-order valence-corrected chi connectivity index (χ0v) is 19.0. The molecule has 1 aromatic carbocycles. The zero-order valence-electron chi connectivity index (χ0n) is 16.5. The van der Waals surface area contributed by atoms with Gasteiger partial charge in [-0.15, -0.1) is 0 Å². The zero-order chi connectivity index (χ0) is 21.0. The summed E-state index contributed by atoms with van der Waals surface area (Å²) in [5.74, 6) is 1.16. The molecule has 3 rings (SSSR count). The average Bonchev–Trinajstić information content (AvgIpc) is 3.15. The first-order valence-electron chi connectivity index (χ1n) is 9.71. The number of carbonyl (C=O) groups is 1. The van der Waals surface area contributed by atoms with Gasteiger partial charge < -0.3 is 9.47 Å². The molecule has 1 aromatic rings. The van der Waals surface area contributed by atoms with Crippen LogP contribution in [0.25, 0.3) is 6.08 Å². The molecule has 1 amide bonds. The summed E-state index contributed by atoms with van der Waals surface area (Å²) in [4.78, 5) is 14.8. The Morgan fingerprint density at radius 1 is 1.28 bits per heavy atom. The summed E-state index contributed by atoms with van der Waals surface area (Å²) in [7, 11) is -3.10. The topological polar surface area (TPSA) is 72.9 Å². The van der Waals surface area contributed by atoms with E-state index in [0.717, 1.165) is 18.4 Å². The Balaban J connectivity index is 1.79. The van der Waals surface area contributed by atoms with E-state index in [2.05, 4.69) is 6.92 Å². The minimum Gasteiger partial charge on any atom is -0.490 e. The van der Waals surface area contributed by atoms with Gasteiger partial charge in [-0.2, -0.15) is 0 Å². The third-order valence-electron chi connectivity index (χ3n) is 4.72. The average molecular weight is 456 g/mol. The molecule has 0 spiro atoms. The fourth-order valence-corrected chi connectivity index (χ4v) is 6.35. The van der Waals surface area contributed by atoms with Crippen molar-refractivity contribution in [2.75, 3.05) is 24.7 Å². The molecule has 158 valence electrons. The van der Waals surface area contributed by atoms with E-state index in [4.69, 9.17) is 21.7 Å². The van der Waals surface area contributed by atoms with Gasteiger partial charge in [0.15, 0.2) is 21.3 Å². The van der Waals surface area contributed by atoms with Crippen LogP contribution in [-0.4, -0.2) is 54.3 Å². The van der Waals surface area contributed by atoms with Gasteiger partial charge in [-0.05, 0) is 43.5 Å². The molecule has 6 nitrogen and oxygen atoms in total. The molecule has 29 heavy (non-hydrogen) atoms. The highest BCUT2D eigenvalue weighted by Crippen LogP contribution is 2.37. The maximum atomic E-state index is 12.9. The number of amides is 1. The Hall–Kier alpha value is -1.58. The Morgan fingerprint density at radius 2 is 2.07 bits per heavy atom. The molecule has 2 aliphatic rings. The van der Waals surface area contributed by atoms with Crippen molar-refractivity contribution in [1.82, 2.24) is 4.90 Å². The normalized spacial score (nSPS) is 22.5. The smallest absolute Gasteiger partial charge is 0.266 e. The highest BCUT2D eigenvalue weighted by Gasteiger charge is 2.42. The van der Waals surface area contributed by atoms with Gasteiger partial charge in [0.05, 0.1) is 35.7 Å². The SMILES string of the molecule is CCCCOc1ccc(/C=C2\SC(=S)N([C@@H]3CCS(=O)(=O)C3)C2=O)cc1OCC. The fourth-order valence-electron chi connectivity index (χ4n) is 3.25. The van der Waals surface area contributed by atoms with Gasteiger partial charge in [-0.1, -0.05) is 43.4 Å². The van der Waals surface area contributed by atoms with Crippen LogP contribution in [0.4, 0.5) is 0 Å². The van der Waals surface area contributed by atoms with Crippen molar-refractivity contribution in [2.45, 2.75) is 39.2 Å². The molecule has 1 atom stereocenters. The molecule has 0 aliphatic carbocycles. The van der Waals surface area contributed by atoms with Gasteiger partial charge in [0.1, 0.15) is 4.32 Å². The summed E-state index contributed by atoms with van der Waals surface area (Å²) in [6.45, 7) is 5.14. The lowest BCUT2D eigenvalue weighted by Gasteiger charge is -2.20. The molecule has 2 saturated heterocycles. The van der Waals surface area contributed by atoms with Crippen molar-refractivity contribution < 1.29 is 22.7 Å². The lowest BCUT2D eigenvalue weighted by molar-refractivity contribution is -0.123. The minimum atomic E-state index is -3.10. The van der Waals surface area contributed by atoms with Gasteiger partial charge in [-0.25, -0.2) is 8.42 Å². The quantitative estimate of drug-likeness (QED) is 0.336. The van der Waals surface area contributed by atoms with Gasteiger partial charge >= 0.3 is 0 Å². The van der Waals surface area contributed by atoms with E-state index in [1.165, 1.54) is 16.7 Å². The number of carbonyl (C=O) groups excluding carboxylic acids is 1. The van der Waals surface area contributed by atoms with Crippen molar-refractivity contribution >= 4 is 50.1 Å². The number of thiocarbonyl (C=S) groups is 1. The van der Waals surface area contributed by atoms with Crippen LogP contribution in [0.15, 0.2) is 23.1 Å². The molecule has 2 fully saturated rings. The van der Waals surface area contributed by atoms with Crippen molar-refractivity contribution in [3.63, 3.8) is 0 Å². The summed E-state index contributed by atoms with van der Waals surface area (Å²) >= 11 is 6.56. The van der Waals surface area contributed by atoms with Gasteiger partial charge in [-0.3, -0.25) is 9.69 Å². The molecular formula is C20H25NO5S3. The van der Waals surface area contributed by atoms with Gasteiger partial charge in [0, 0.05) is 0 Å². The predicted molar refractivity (Wildman–Crippen MR) is 120 cm³/mol. The molecule has 2 aliphatic heterocycles. The summed E-state index contributed by atoms with van der Waals surface area (Å²) in [5.41, 5.74) is 0.802. The van der Waals surface area contributed by atoms with E-state index in [9.17, 15) is 13.2 Å². The molecular weight excluding hydrogens is 430 g/mol. The van der Waals surface area contributed by atoms with E-state index in [0.29, 0.717) is 40.4 Å². The van der Waals surface area contributed by atoms with E-state index < -0.39 is 9.84 Å². The standard InChI is InChI=1S/C20H25NO5S3/c1-3-5-9-26-16-7-6-14(11-17(16)25-4-2)12-18-19(22)21(20(27)28-18)15-8-10-29(23,24)13-15/h6-7,11-12,15H,3-5,8-10,13H2,1-2H3/b18-12-/t15-/m1/s1. The number of sulfone groups is 1. The number of nitrogens with zero attached hydrogens (tertiary/aromatic N) is 1. The Bertz CT molecular complexity index is 926. The van der Waals surface area contributed by atoms with E-state index >= 15 is 0 Å². The second-order valence-electron chi connectivity index (χ2n) is 6.95. The number of hydrogen-bond donors (Lipinski definition) is 0. The number of thioether (sulfide) groups is 1. The third-order valence-corrected chi connectivity index (χ3v) is 7.80. The molecule has 0 bridgehead atoms. The van der Waals surface area contributed by atoms with E-state index in [-0.39, 0.29) is 23.5 Å². The number of rotatable bonds is 8. The van der Waals surface area contributed by atoms with Gasteiger partial charge in [0.25, 0.3) is 5.91 Å². The number of hydrogen-bond acceptors (Lipinski definition) is 7. The first kappa shape index (κ1) is 22.1. The molecule has 0 N–H and O–H groups in total. The van der Waals surface area contributed by atoms with Crippen LogP contribution in [0.2, 0.25) is 0 Å². The molecule has 0 unspecified atom stereocenters. The maximum absolute atomic E-state index is 12.9. The summed E-state index contributed by atoms with van der Waals surface area (Å²) in [5, 5.41) is 0. The van der Waals surface area contributed by atoms with Crippen molar-refractivity contribution in [3.8, 4) is 11.5 Å². The number of unbranched alkanes of at least 4 members (excludes halogenated alkanes) is 1. The third kappa shape index (κ3) is 5.32. The van der Waals surface area contributed by atoms with Crippen LogP contribution in [0.1, 0.15) is 38.7 Å². The van der Waals surface area contributed by atoms with Crippen LogP contribution in [-0.2, 0) is 14.6 Å². The lowest BCUT2D eigenvalue weighted by atomic mass is 10.1. The number of ether oxygens (including phenoxy) is 2. The number of benzene rings is 1. The minimum absolute atomic E-state index is 0.0228. The van der Waals surface area contributed by atoms with Crippen molar-refractivity contribution in [3.05, 3.63) is 28.7 Å². The van der Waals surface area contributed by atoms with Crippen LogP contribution in [0.3, 0.4) is 0 Å². The Labute approximate surface area is 181 Å². The van der Waals surface area contributed by atoms with E-state index in [1.54, 1.807) is 6.08 Å². The lowest BCUT2D eigenvalue weighted by Crippen LogP contribution is -2.39. The van der Waals surface area contributed by atoms with E-state index in [1.807, 2.05) is 25.1 Å². The monoisotopic (exact) mass is 455 g/mol. The predicted octanol–water partition coefficient (Wildman–Crippen LogP) is 3.65. The second-order valence-corrected chi connectivity index (χ2v) is 10.9. The van der Waals surface area contributed by atoms with Gasteiger partial charge in [0.2, 0.25) is 0 Å². The first-order chi connectivity index (χ1) is 13.8. The van der Waals surface area contributed by atoms with Crippen molar-refractivity contribution in [2.24, 2.45) is 0 Å². The summed E-state index contributed by atoms with van der Waals surface area (Å²) in [6.07, 6.45) is 4.21. The molecule has 2 heterocycles. The highest BCUT2D eigenvalue weighted by atomic mass is 32.2.